The van der Waals surface area contributed by atoms with Gasteiger partial charge >= 0.3 is 5.97 Å². The van der Waals surface area contributed by atoms with E-state index >= 15 is 0 Å². The van der Waals surface area contributed by atoms with Gasteiger partial charge in [0.25, 0.3) is 5.69 Å². The van der Waals surface area contributed by atoms with Crippen LogP contribution >= 0.6 is 31.9 Å². The Kier molecular flexibility index (Phi) is 8.28. The Morgan fingerprint density at radius 1 is 1.24 bits per heavy atom. The molecule has 0 aromatic heterocycles. The van der Waals surface area contributed by atoms with Gasteiger partial charge in [0.2, 0.25) is 5.91 Å². The molecule has 0 saturated heterocycles. The molecule has 0 spiro atoms. The van der Waals surface area contributed by atoms with Crippen LogP contribution in [0.25, 0.3) is 0 Å². The number of benzene rings is 2. The van der Waals surface area contributed by atoms with Crippen LogP contribution in [0.1, 0.15) is 11.1 Å². The topological polar surface area (TPSA) is 120 Å². The molecule has 2 aromatic rings. The molecule has 0 aliphatic carbocycles. The van der Waals surface area contributed by atoms with Crippen LogP contribution in [0.3, 0.4) is 0 Å². The zero-order valence-electron chi connectivity index (χ0n) is 15.1. The first kappa shape index (κ1) is 22.5. The lowest BCUT2D eigenvalue weighted by molar-refractivity contribution is -0.385. The minimum absolute atomic E-state index is 0.123. The molecule has 0 radical (unpaired) electrons. The van der Waals surface area contributed by atoms with E-state index in [-0.39, 0.29) is 18.7 Å². The van der Waals surface area contributed by atoms with Gasteiger partial charge in [0.15, 0.2) is 6.61 Å². The van der Waals surface area contributed by atoms with Gasteiger partial charge in [-0.3, -0.25) is 14.9 Å². The summed E-state index contributed by atoms with van der Waals surface area (Å²) in [4.78, 5) is 33.7. The van der Waals surface area contributed by atoms with Crippen molar-refractivity contribution in [2.24, 2.45) is 5.10 Å². The van der Waals surface area contributed by atoms with E-state index in [0.717, 1.165) is 0 Å². The second kappa shape index (κ2) is 10.7. The molecule has 0 fully saturated rings. The molecule has 0 atom stereocenters. The summed E-state index contributed by atoms with van der Waals surface area (Å²) in [5, 5.41) is 14.9. The van der Waals surface area contributed by atoms with Gasteiger partial charge in [0, 0.05) is 11.6 Å². The molecular weight excluding hydrogens is 514 g/mol. The quantitative estimate of drug-likeness (QED) is 0.243. The van der Waals surface area contributed by atoms with Crippen molar-refractivity contribution in [1.82, 2.24) is 5.43 Å². The van der Waals surface area contributed by atoms with E-state index < -0.39 is 16.8 Å². The summed E-state index contributed by atoms with van der Waals surface area (Å²) < 4.78 is 11.0. The largest absolute Gasteiger partial charge is 0.480 e. The van der Waals surface area contributed by atoms with E-state index in [1.54, 1.807) is 18.2 Å². The third-order valence-electron chi connectivity index (χ3n) is 3.52. The number of hydrogen-bond acceptors (Lipinski definition) is 7. The van der Waals surface area contributed by atoms with Gasteiger partial charge in [-0.05, 0) is 49.6 Å². The number of halogens is 2. The number of nitrogens with zero attached hydrogens (tertiary/aromatic N) is 2. The highest BCUT2D eigenvalue weighted by Crippen LogP contribution is 2.34. The summed E-state index contributed by atoms with van der Waals surface area (Å²) in [6.45, 7) is -0.247. The number of nitro benzene ring substituents is 1. The summed E-state index contributed by atoms with van der Waals surface area (Å²) in [6, 6.07) is 9.36. The fraction of sp³-hybridized carbons (Fsp3) is 0.167. The van der Waals surface area contributed by atoms with Crippen molar-refractivity contribution in [2.45, 2.75) is 6.42 Å². The fourth-order valence-electron chi connectivity index (χ4n) is 2.21. The van der Waals surface area contributed by atoms with Crippen molar-refractivity contribution >= 4 is 55.6 Å². The molecule has 0 unspecified atom stereocenters. The van der Waals surface area contributed by atoms with Crippen LogP contribution in [-0.2, 0) is 20.7 Å². The summed E-state index contributed by atoms with van der Waals surface area (Å²) >= 11 is 6.67. The van der Waals surface area contributed by atoms with Crippen molar-refractivity contribution in [1.29, 1.82) is 0 Å². The van der Waals surface area contributed by atoms with E-state index in [2.05, 4.69) is 47.1 Å². The maximum absolute atomic E-state index is 12.0. The number of carbonyl (C=O) groups is 2. The zero-order chi connectivity index (χ0) is 21.4. The zero-order valence-corrected chi connectivity index (χ0v) is 18.2. The SMILES string of the molecule is COC(=O)COc1c(Br)cc(/C=N/NC(=O)Cc2ccccc2[N+](=O)[O-])cc1Br. The summed E-state index contributed by atoms with van der Waals surface area (Å²) in [7, 11) is 1.26. The van der Waals surface area contributed by atoms with Gasteiger partial charge in [-0.2, -0.15) is 5.10 Å². The van der Waals surface area contributed by atoms with E-state index in [0.29, 0.717) is 25.8 Å². The highest BCUT2D eigenvalue weighted by Gasteiger charge is 2.15. The van der Waals surface area contributed by atoms with Crippen molar-refractivity contribution in [2.75, 3.05) is 13.7 Å². The Morgan fingerprint density at radius 2 is 1.90 bits per heavy atom. The number of esters is 1. The highest BCUT2D eigenvalue weighted by molar-refractivity contribution is 9.11. The number of ether oxygens (including phenoxy) is 2. The van der Waals surface area contributed by atoms with Gasteiger partial charge < -0.3 is 9.47 Å². The predicted molar refractivity (Wildman–Crippen MR) is 112 cm³/mol. The van der Waals surface area contributed by atoms with Crippen LogP contribution in [0.15, 0.2) is 50.4 Å². The van der Waals surface area contributed by atoms with Crippen LogP contribution in [0.5, 0.6) is 5.75 Å². The Labute approximate surface area is 182 Å². The minimum Gasteiger partial charge on any atom is -0.480 e. The number of rotatable bonds is 8. The lowest BCUT2D eigenvalue weighted by Gasteiger charge is -2.10. The van der Waals surface area contributed by atoms with Crippen molar-refractivity contribution in [3.63, 3.8) is 0 Å². The number of methoxy groups -OCH3 is 1. The number of amides is 1. The normalized spacial score (nSPS) is 10.6. The van der Waals surface area contributed by atoms with Crippen molar-refractivity contribution in [3.05, 3.63) is 66.6 Å². The molecule has 11 heteroatoms. The molecule has 2 rings (SSSR count). The minimum atomic E-state index is -0.537. The Morgan fingerprint density at radius 3 is 2.52 bits per heavy atom. The van der Waals surface area contributed by atoms with E-state index in [1.807, 2.05) is 0 Å². The number of hydrogen-bond donors (Lipinski definition) is 1. The Bertz CT molecular complexity index is 941. The summed E-state index contributed by atoms with van der Waals surface area (Å²) in [5.74, 6) is -0.601. The molecule has 0 heterocycles. The highest BCUT2D eigenvalue weighted by atomic mass is 79.9. The number of nitrogens with one attached hydrogen (secondary N) is 1. The lowest BCUT2D eigenvalue weighted by atomic mass is 10.1. The van der Waals surface area contributed by atoms with Crippen molar-refractivity contribution < 1.29 is 24.0 Å². The second-order valence-electron chi connectivity index (χ2n) is 5.53. The molecule has 2 aromatic carbocycles. The van der Waals surface area contributed by atoms with Crippen LogP contribution in [-0.4, -0.2) is 36.7 Å². The van der Waals surface area contributed by atoms with E-state index in [4.69, 9.17) is 4.74 Å². The number of para-hydroxylation sites is 1. The average molecular weight is 529 g/mol. The second-order valence-corrected chi connectivity index (χ2v) is 7.24. The van der Waals surface area contributed by atoms with Gasteiger partial charge in [-0.1, -0.05) is 18.2 Å². The van der Waals surface area contributed by atoms with E-state index in [1.165, 1.54) is 31.5 Å². The average Bonchev–Trinajstić information content (AvgIpc) is 2.67. The first-order chi connectivity index (χ1) is 13.8. The number of hydrazone groups is 1. The first-order valence-electron chi connectivity index (χ1n) is 8.04. The molecule has 9 nitrogen and oxygen atoms in total. The lowest BCUT2D eigenvalue weighted by Crippen LogP contribution is -2.20. The molecule has 0 bridgehead atoms. The molecule has 29 heavy (non-hydrogen) atoms. The third-order valence-corrected chi connectivity index (χ3v) is 4.70. The molecule has 1 N–H and O–H groups in total. The monoisotopic (exact) mass is 527 g/mol. The van der Waals surface area contributed by atoms with Crippen LogP contribution in [0.4, 0.5) is 5.69 Å². The predicted octanol–water partition coefficient (Wildman–Crippen LogP) is 3.36. The first-order valence-corrected chi connectivity index (χ1v) is 9.63. The maximum Gasteiger partial charge on any atom is 0.343 e. The fourth-order valence-corrected chi connectivity index (χ4v) is 3.66. The van der Waals surface area contributed by atoms with Gasteiger partial charge in [0.05, 0.1) is 33.6 Å². The van der Waals surface area contributed by atoms with Gasteiger partial charge in [-0.15, -0.1) is 0 Å². The summed E-state index contributed by atoms with van der Waals surface area (Å²) in [5.41, 5.74) is 3.13. The molecule has 0 saturated carbocycles. The van der Waals surface area contributed by atoms with Crippen LogP contribution in [0, 0.1) is 10.1 Å². The standard InChI is InChI=1S/C18H15Br2N3O6/c1-28-17(25)10-29-18-13(19)6-11(7-14(18)20)9-21-22-16(24)8-12-4-2-3-5-15(12)23(26)27/h2-7,9H,8,10H2,1H3,(H,22,24)/b21-9+. The van der Waals surface area contributed by atoms with Gasteiger partial charge in [0.1, 0.15) is 5.75 Å². The Balaban J connectivity index is 2.00. The van der Waals surface area contributed by atoms with E-state index in [9.17, 15) is 19.7 Å². The smallest absolute Gasteiger partial charge is 0.343 e. The van der Waals surface area contributed by atoms with Crippen molar-refractivity contribution in [3.8, 4) is 5.75 Å². The molecule has 0 aliphatic rings. The molecule has 152 valence electrons. The number of carbonyl (C=O) groups excluding carboxylic acids is 2. The maximum atomic E-state index is 12.0. The van der Waals surface area contributed by atoms with Gasteiger partial charge in [-0.25, -0.2) is 10.2 Å². The summed E-state index contributed by atoms with van der Waals surface area (Å²) in [6.07, 6.45) is 1.22. The molecular formula is C18H15Br2N3O6. The van der Waals surface area contributed by atoms with Crippen LogP contribution < -0.4 is 10.2 Å². The number of nitro groups is 1. The Hall–Kier alpha value is -2.79. The third kappa shape index (κ3) is 6.64. The molecule has 0 aliphatic heterocycles. The molecule has 1 amide bonds. The van der Waals surface area contributed by atoms with Crippen LogP contribution in [0.2, 0.25) is 0 Å².